The average molecular weight is 1150 g/mol. The molecule has 1 heteroatoms. The van der Waals surface area contributed by atoms with Gasteiger partial charge in [-0.3, -0.25) is 0 Å². The van der Waals surface area contributed by atoms with Crippen LogP contribution in [0, 0.1) is 47.5 Å². The first-order valence-corrected chi connectivity index (χ1v) is 33.4. The first kappa shape index (κ1) is 57.4. The van der Waals surface area contributed by atoms with E-state index in [1.165, 1.54) is 166 Å². The molecule has 0 heterocycles. The van der Waals surface area contributed by atoms with Gasteiger partial charge in [-0.25, -0.2) is 0 Å². The van der Waals surface area contributed by atoms with Gasteiger partial charge >= 0.3 is 0 Å². The predicted molar refractivity (Wildman–Crippen MR) is 382 cm³/mol. The molecule has 12 aromatic carbocycles. The number of allylic oxidation sites excluding steroid dienone is 4. The largest absolute Gasteiger partial charge is 0.179 e. The van der Waals surface area contributed by atoms with Gasteiger partial charge in [0, 0.05) is 0 Å². The molecule has 1 aliphatic rings. The minimum absolute atomic E-state index is 0.0542. The maximum absolute atomic E-state index is 4.14. The van der Waals surface area contributed by atoms with E-state index in [9.17, 15) is 0 Å². The van der Waals surface area contributed by atoms with Crippen LogP contribution in [0.1, 0.15) is 61.1 Å². The van der Waals surface area contributed by atoms with Crippen molar-refractivity contribution in [1.29, 1.82) is 0 Å². The summed E-state index contributed by atoms with van der Waals surface area (Å²) in [6, 6.07) is 103. The van der Waals surface area contributed by atoms with E-state index in [-0.39, 0.29) is 5.92 Å². The van der Waals surface area contributed by atoms with Crippen LogP contribution in [0.3, 0.4) is 0 Å². The predicted octanol–water partition coefficient (Wildman–Crippen LogP) is 21.9. The lowest BCUT2D eigenvalue weighted by atomic mass is 9.82. The van der Waals surface area contributed by atoms with Crippen molar-refractivity contribution in [1.82, 2.24) is 0 Å². The second kappa shape index (κ2) is 23.9. The van der Waals surface area contributed by atoms with E-state index in [1.54, 1.807) is 5.20 Å². The van der Waals surface area contributed by atoms with Gasteiger partial charge in [-0.1, -0.05) is 296 Å². The summed E-state index contributed by atoms with van der Waals surface area (Å²) in [5.74, 6) is 0.0542. The topological polar surface area (TPSA) is 0 Å². The molecule has 1 aliphatic carbocycles. The highest BCUT2D eigenvalue weighted by Gasteiger charge is 2.56. The molecule has 0 nitrogen and oxygen atoms in total. The van der Waals surface area contributed by atoms with Gasteiger partial charge in [-0.05, 0) is 223 Å². The highest BCUT2D eigenvalue weighted by Crippen LogP contribution is 2.54. The molecule has 0 fully saturated rings. The van der Waals surface area contributed by atoms with Gasteiger partial charge < -0.3 is 0 Å². The Hall–Kier alpha value is -9.66. The standard InChI is InChI=1S/C87H76Si/c1-56-57(2)62(7)84(61(56)6)88(85-63(8)58(3)75(66-38-20-11-21-39-66)78(69-44-26-14-27-45-69)81(85)72-50-32-17-33-51-72,86-64(9)59(4)76(67-40-22-12-23-41-67)79(70-46-28-15-29-47-70)82(86)73-52-34-18-35-53-73)87-65(10)60(5)77(68-42-24-13-25-43-68)80(71-48-30-16-31-49-71)83(87)74-54-36-19-37-55-74/h11-55,61H,1-10H3. The smallest absolute Gasteiger partial charge is 0.0636 e. The average Bonchev–Trinajstić information content (AvgIpc) is 0.992. The van der Waals surface area contributed by atoms with Crippen molar-refractivity contribution in [2.24, 2.45) is 5.92 Å². The lowest BCUT2D eigenvalue weighted by Gasteiger charge is -2.47. The third-order valence-electron chi connectivity index (χ3n) is 19.9. The van der Waals surface area contributed by atoms with Crippen LogP contribution in [0.2, 0.25) is 0 Å². The van der Waals surface area contributed by atoms with E-state index in [4.69, 9.17) is 0 Å². The molecule has 0 bridgehead atoms. The lowest BCUT2D eigenvalue weighted by Crippen LogP contribution is -2.73. The molecule has 0 spiro atoms. The van der Waals surface area contributed by atoms with Gasteiger partial charge in [0.25, 0.3) is 0 Å². The molecule has 0 N–H and O–H groups in total. The van der Waals surface area contributed by atoms with Gasteiger partial charge in [0.15, 0.2) is 8.07 Å². The Balaban J connectivity index is 1.46. The third kappa shape index (κ3) is 9.43. The lowest BCUT2D eigenvalue weighted by molar-refractivity contribution is 0.851. The fourth-order valence-electron chi connectivity index (χ4n) is 15.4. The second-order valence-corrected chi connectivity index (χ2v) is 27.9. The van der Waals surface area contributed by atoms with Crippen molar-refractivity contribution in [2.45, 2.75) is 69.2 Å². The molecular weight excluding hydrogens is 1070 g/mol. The van der Waals surface area contributed by atoms with E-state index < -0.39 is 8.07 Å². The van der Waals surface area contributed by atoms with Crippen molar-refractivity contribution in [3.63, 3.8) is 0 Å². The summed E-state index contributed by atoms with van der Waals surface area (Å²) < 4.78 is 0. The summed E-state index contributed by atoms with van der Waals surface area (Å²) >= 11 is 0. The minimum atomic E-state index is -4.14. The Morgan fingerprint density at radius 2 is 0.386 bits per heavy atom. The molecule has 0 amide bonds. The van der Waals surface area contributed by atoms with Crippen LogP contribution < -0.4 is 15.6 Å². The Kier molecular flexibility index (Phi) is 15.6. The Morgan fingerprint density at radius 1 is 0.205 bits per heavy atom. The van der Waals surface area contributed by atoms with Crippen LogP contribution in [-0.2, 0) is 0 Å². The molecule has 0 saturated heterocycles. The van der Waals surface area contributed by atoms with Crippen LogP contribution >= 0.6 is 0 Å². The first-order valence-electron chi connectivity index (χ1n) is 31.4. The van der Waals surface area contributed by atoms with Gasteiger partial charge in [0.2, 0.25) is 0 Å². The summed E-state index contributed by atoms with van der Waals surface area (Å²) in [5, 5.41) is 5.87. The Bertz CT molecular complexity index is 4180. The molecule has 428 valence electrons. The van der Waals surface area contributed by atoms with E-state index in [0.29, 0.717) is 0 Å². The molecule has 88 heavy (non-hydrogen) atoms. The normalized spacial score (nSPS) is 13.4. The van der Waals surface area contributed by atoms with Crippen molar-refractivity contribution in [3.05, 3.63) is 328 Å². The molecule has 13 rings (SSSR count). The summed E-state index contributed by atoms with van der Waals surface area (Å²) in [6.45, 7) is 24.8. The summed E-state index contributed by atoms with van der Waals surface area (Å²) in [5.41, 5.74) is 34.4. The maximum Gasteiger partial charge on any atom is 0.179 e. The number of hydrogen-bond donors (Lipinski definition) is 0. The maximum atomic E-state index is 2.56. The van der Waals surface area contributed by atoms with Crippen molar-refractivity contribution < 1.29 is 0 Å². The summed E-state index contributed by atoms with van der Waals surface area (Å²) in [7, 11) is -4.14. The SMILES string of the molecule is CC1=C(C)C(C)C([Si](c2c(C)c(C)c(-c3ccccc3)c(-c3ccccc3)c2-c2ccccc2)(c2c(C)c(C)c(-c3ccccc3)c(-c3ccccc3)c2-c2ccccc2)c2c(C)c(C)c(-c3ccccc3)c(-c3ccccc3)c2-c2ccccc2)=C1C. The molecule has 0 saturated carbocycles. The first-order chi connectivity index (χ1) is 42.9. The fourth-order valence-corrected chi connectivity index (χ4v) is 22.8. The van der Waals surface area contributed by atoms with Gasteiger partial charge in [-0.15, -0.1) is 0 Å². The van der Waals surface area contributed by atoms with E-state index in [1.807, 2.05) is 0 Å². The third-order valence-corrected chi connectivity index (χ3v) is 25.7. The Labute approximate surface area is 524 Å². The zero-order valence-electron chi connectivity index (χ0n) is 52.6. The molecule has 0 aliphatic heterocycles. The number of benzene rings is 12. The summed E-state index contributed by atoms with van der Waals surface area (Å²) in [4.78, 5) is 0. The molecule has 1 unspecified atom stereocenters. The molecule has 0 radical (unpaired) electrons. The van der Waals surface area contributed by atoms with Gasteiger partial charge in [0.05, 0.1) is 0 Å². The van der Waals surface area contributed by atoms with Gasteiger partial charge in [0.1, 0.15) is 0 Å². The van der Waals surface area contributed by atoms with Gasteiger partial charge in [-0.2, -0.15) is 0 Å². The molecule has 0 aromatic heterocycles. The van der Waals surface area contributed by atoms with Crippen LogP contribution in [0.4, 0.5) is 0 Å². The zero-order valence-corrected chi connectivity index (χ0v) is 53.6. The van der Waals surface area contributed by atoms with Crippen molar-refractivity contribution >= 4 is 23.6 Å². The monoisotopic (exact) mass is 1150 g/mol. The molecule has 1 atom stereocenters. The highest BCUT2D eigenvalue weighted by atomic mass is 28.3. The second-order valence-electron chi connectivity index (χ2n) is 24.4. The fraction of sp³-hybridized carbons (Fsp3) is 0.126. The minimum Gasteiger partial charge on any atom is -0.0636 e. The van der Waals surface area contributed by atoms with Crippen molar-refractivity contribution in [3.8, 4) is 100 Å². The van der Waals surface area contributed by atoms with Crippen molar-refractivity contribution in [2.75, 3.05) is 0 Å². The zero-order chi connectivity index (χ0) is 60.8. The molecule has 12 aromatic rings. The summed E-state index contributed by atoms with van der Waals surface area (Å²) in [6.07, 6.45) is 0. The molecular formula is C87H76Si. The number of rotatable bonds is 13. The highest BCUT2D eigenvalue weighted by molar-refractivity contribution is 7.19. The quantitative estimate of drug-likeness (QED) is 0.0797. The van der Waals surface area contributed by atoms with Crippen LogP contribution in [0.5, 0.6) is 0 Å². The van der Waals surface area contributed by atoms with Crippen LogP contribution in [-0.4, -0.2) is 8.07 Å². The number of hydrogen-bond acceptors (Lipinski definition) is 0. The van der Waals surface area contributed by atoms with E-state index >= 15 is 0 Å². The van der Waals surface area contributed by atoms with E-state index in [2.05, 4.69) is 342 Å². The van der Waals surface area contributed by atoms with E-state index in [0.717, 1.165) is 0 Å². The van der Waals surface area contributed by atoms with Crippen LogP contribution in [0.25, 0.3) is 100 Å². The van der Waals surface area contributed by atoms with Crippen LogP contribution in [0.15, 0.2) is 295 Å². The Morgan fingerprint density at radius 3 is 0.568 bits per heavy atom.